The molecule has 0 aliphatic rings. The Balaban J connectivity index is 2.82. The Labute approximate surface area is 84.8 Å². The van der Waals surface area contributed by atoms with Crippen LogP contribution >= 0.6 is 0 Å². The average Bonchev–Trinajstić information content (AvgIpc) is 2.16. The molecular formula is C10H15BO3. The van der Waals surface area contributed by atoms with E-state index in [0.717, 1.165) is 0 Å². The molecule has 1 rings (SSSR count). The van der Waals surface area contributed by atoms with Crippen molar-refractivity contribution in [2.24, 2.45) is 0 Å². The number of ether oxygens (including phenoxy) is 1. The van der Waals surface area contributed by atoms with E-state index >= 15 is 0 Å². The lowest BCUT2D eigenvalue weighted by molar-refractivity contribution is 0.206. The summed E-state index contributed by atoms with van der Waals surface area (Å²) in [6.07, 6.45) is -0.0186. The van der Waals surface area contributed by atoms with Gasteiger partial charge >= 0.3 is 7.12 Å². The number of hydrogen-bond acceptors (Lipinski definition) is 3. The van der Waals surface area contributed by atoms with Gasteiger partial charge < -0.3 is 14.4 Å². The molecule has 0 radical (unpaired) electrons. The molecule has 1 N–H and O–H groups in total. The largest absolute Gasteiger partial charge is 0.497 e. The van der Waals surface area contributed by atoms with E-state index < -0.39 is 7.12 Å². The fraction of sp³-hybridized carbons (Fsp3) is 0.400. The Bertz CT molecular complexity index is 288. The quantitative estimate of drug-likeness (QED) is 0.720. The van der Waals surface area contributed by atoms with E-state index in [4.69, 9.17) is 9.39 Å². The smallest absolute Gasteiger partial charge is 0.495 e. The van der Waals surface area contributed by atoms with Crippen molar-refractivity contribution in [2.75, 3.05) is 7.11 Å². The number of benzene rings is 1. The van der Waals surface area contributed by atoms with Crippen LogP contribution in [0, 0.1) is 0 Å². The second kappa shape index (κ2) is 5.03. The SMILES string of the molecule is COc1ccccc1B(O)OC(C)C. The van der Waals surface area contributed by atoms with E-state index in [2.05, 4.69) is 0 Å². The zero-order valence-corrected chi connectivity index (χ0v) is 8.73. The van der Waals surface area contributed by atoms with Gasteiger partial charge in [-0.2, -0.15) is 0 Å². The highest BCUT2D eigenvalue weighted by molar-refractivity contribution is 6.61. The molecule has 0 aliphatic heterocycles. The predicted molar refractivity (Wildman–Crippen MR) is 56.8 cm³/mol. The number of para-hydroxylation sites is 1. The highest BCUT2D eigenvalue weighted by atomic mass is 16.5. The van der Waals surface area contributed by atoms with Crippen LogP contribution in [0.15, 0.2) is 24.3 Å². The Hall–Kier alpha value is -0.995. The molecular weight excluding hydrogens is 179 g/mol. The lowest BCUT2D eigenvalue weighted by Gasteiger charge is -2.13. The van der Waals surface area contributed by atoms with Gasteiger partial charge in [-0.15, -0.1) is 0 Å². The van der Waals surface area contributed by atoms with Crippen molar-refractivity contribution in [1.82, 2.24) is 0 Å². The minimum absolute atomic E-state index is 0.0186. The minimum atomic E-state index is -0.925. The van der Waals surface area contributed by atoms with Crippen molar-refractivity contribution < 1.29 is 14.4 Å². The van der Waals surface area contributed by atoms with E-state index in [1.54, 1.807) is 19.2 Å². The average molecular weight is 194 g/mol. The van der Waals surface area contributed by atoms with Crippen LogP contribution in [-0.4, -0.2) is 25.4 Å². The molecule has 0 fully saturated rings. The molecule has 14 heavy (non-hydrogen) atoms. The molecule has 0 unspecified atom stereocenters. The summed E-state index contributed by atoms with van der Waals surface area (Å²) in [5.41, 5.74) is 0.656. The predicted octanol–water partition coefficient (Wildman–Crippen LogP) is 0.808. The third kappa shape index (κ3) is 2.75. The summed E-state index contributed by atoms with van der Waals surface area (Å²) in [4.78, 5) is 0. The lowest BCUT2D eigenvalue weighted by atomic mass is 9.78. The first kappa shape index (κ1) is 11.1. The Morgan fingerprint density at radius 2 is 1.93 bits per heavy atom. The van der Waals surface area contributed by atoms with Gasteiger partial charge in [-0.3, -0.25) is 0 Å². The fourth-order valence-electron chi connectivity index (χ4n) is 1.20. The first-order valence-corrected chi connectivity index (χ1v) is 4.61. The maximum atomic E-state index is 9.70. The zero-order chi connectivity index (χ0) is 10.6. The van der Waals surface area contributed by atoms with Gasteiger partial charge in [0.25, 0.3) is 0 Å². The second-order valence-electron chi connectivity index (χ2n) is 3.28. The summed E-state index contributed by atoms with van der Waals surface area (Å²) >= 11 is 0. The van der Waals surface area contributed by atoms with Gasteiger partial charge in [-0.25, -0.2) is 0 Å². The molecule has 0 atom stereocenters. The third-order valence-electron chi connectivity index (χ3n) is 1.81. The summed E-state index contributed by atoms with van der Waals surface area (Å²) in [6, 6.07) is 7.27. The Kier molecular flexibility index (Phi) is 3.98. The monoisotopic (exact) mass is 194 g/mol. The molecule has 0 saturated heterocycles. The van der Waals surface area contributed by atoms with Gasteiger partial charge in [0.15, 0.2) is 0 Å². The van der Waals surface area contributed by atoms with Crippen molar-refractivity contribution in [3.05, 3.63) is 24.3 Å². The summed E-state index contributed by atoms with van der Waals surface area (Å²) in [7, 11) is 0.646. The van der Waals surface area contributed by atoms with Crippen molar-refractivity contribution >= 4 is 12.6 Å². The number of rotatable bonds is 4. The minimum Gasteiger partial charge on any atom is -0.497 e. The molecule has 3 nitrogen and oxygen atoms in total. The van der Waals surface area contributed by atoms with Crippen LogP contribution in [0.2, 0.25) is 0 Å². The molecule has 0 aliphatic carbocycles. The zero-order valence-electron chi connectivity index (χ0n) is 8.73. The molecule has 1 aromatic carbocycles. The van der Waals surface area contributed by atoms with Crippen LogP contribution < -0.4 is 10.2 Å². The Morgan fingerprint density at radius 3 is 2.50 bits per heavy atom. The van der Waals surface area contributed by atoms with E-state index in [1.165, 1.54) is 0 Å². The fourth-order valence-corrected chi connectivity index (χ4v) is 1.20. The van der Waals surface area contributed by atoms with Gasteiger partial charge in [0.05, 0.1) is 7.11 Å². The van der Waals surface area contributed by atoms with Gasteiger partial charge in [-0.1, -0.05) is 18.2 Å². The van der Waals surface area contributed by atoms with Crippen molar-refractivity contribution in [3.8, 4) is 5.75 Å². The normalized spacial score (nSPS) is 10.4. The highest BCUT2D eigenvalue weighted by Crippen LogP contribution is 2.07. The topological polar surface area (TPSA) is 38.7 Å². The van der Waals surface area contributed by atoms with Crippen molar-refractivity contribution in [1.29, 1.82) is 0 Å². The van der Waals surface area contributed by atoms with Crippen LogP contribution in [0.1, 0.15) is 13.8 Å². The molecule has 0 spiro atoms. The number of hydrogen-bond donors (Lipinski definition) is 1. The number of methoxy groups -OCH3 is 1. The molecule has 0 aromatic heterocycles. The standard InChI is InChI=1S/C10H15BO3/c1-8(2)14-11(12)9-6-4-5-7-10(9)13-3/h4-8,12H,1-3H3. The molecule has 76 valence electrons. The molecule has 4 heteroatoms. The van der Waals surface area contributed by atoms with Crippen LogP contribution in [0.3, 0.4) is 0 Å². The van der Waals surface area contributed by atoms with Crippen LogP contribution in [-0.2, 0) is 4.65 Å². The van der Waals surface area contributed by atoms with Crippen LogP contribution in [0.5, 0.6) is 5.75 Å². The maximum absolute atomic E-state index is 9.70. The maximum Gasteiger partial charge on any atom is 0.495 e. The van der Waals surface area contributed by atoms with Crippen molar-refractivity contribution in [2.45, 2.75) is 20.0 Å². The van der Waals surface area contributed by atoms with E-state index in [1.807, 2.05) is 26.0 Å². The van der Waals surface area contributed by atoms with Crippen LogP contribution in [0.25, 0.3) is 0 Å². The molecule has 0 bridgehead atoms. The Morgan fingerprint density at radius 1 is 1.29 bits per heavy atom. The molecule has 1 aromatic rings. The highest BCUT2D eigenvalue weighted by Gasteiger charge is 2.21. The van der Waals surface area contributed by atoms with Gasteiger partial charge in [0, 0.05) is 11.6 Å². The second-order valence-corrected chi connectivity index (χ2v) is 3.28. The lowest BCUT2D eigenvalue weighted by Crippen LogP contribution is -2.36. The van der Waals surface area contributed by atoms with Gasteiger partial charge in [0.1, 0.15) is 5.75 Å². The molecule has 0 saturated carbocycles. The summed E-state index contributed by atoms with van der Waals surface area (Å²) < 4.78 is 10.4. The summed E-state index contributed by atoms with van der Waals surface area (Å²) in [5, 5.41) is 9.70. The third-order valence-corrected chi connectivity index (χ3v) is 1.81. The summed E-state index contributed by atoms with van der Waals surface area (Å²) in [6.45, 7) is 3.75. The van der Waals surface area contributed by atoms with E-state index in [0.29, 0.717) is 11.2 Å². The van der Waals surface area contributed by atoms with Gasteiger partial charge in [0.2, 0.25) is 0 Å². The van der Waals surface area contributed by atoms with Gasteiger partial charge in [-0.05, 0) is 19.9 Å². The van der Waals surface area contributed by atoms with E-state index in [-0.39, 0.29) is 6.10 Å². The first-order valence-electron chi connectivity index (χ1n) is 4.61. The first-order chi connectivity index (χ1) is 6.65. The molecule has 0 heterocycles. The van der Waals surface area contributed by atoms with Crippen LogP contribution in [0.4, 0.5) is 0 Å². The van der Waals surface area contributed by atoms with E-state index in [9.17, 15) is 5.02 Å². The van der Waals surface area contributed by atoms with Crippen molar-refractivity contribution in [3.63, 3.8) is 0 Å². The molecule has 0 amide bonds. The summed E-state index contributed by atoms with van der Waals surface area (Å²) in [5.74, 6) is 0.639.